The lowest BCUT2D eigenvalue weighted by molar-refractivity contribution is 1.45. The Morgan fingerprint density at radius 1 is 0.500 bits per heavy atom. The monoisotopic (exact) mass is 410 g/mol. The minimum Gasteiger partial charge on any atom is -0.0616 e. The molecule has 4 aromatic rings. The molecule has 0 unspecified atom stereocenters. The second kappa shape index (κ2) is 8.03. The smallest absolute Gasteiger partial charge is 0.0406 e. The van der Waals surface area contributed by atoms with Crippen LogP contribution < -0.4 is 0 Å². The molecule has 0 N–H and O–H groups in total. The molecular formula is C32H26. The van der Waals surface area contributed by atoms with Crippen molar-refractivity contribution in [1.29, 1.82) is 0 Å². The zero-order chi connectivity index (χ0) is 22.2. The van der Waals surface area contributed by atoms with Gasteiger partial charge in [0.2, 0.25) is 0 Å². The summed E-state index contributed by atoms with van der Waals surface area (Å²) in [6.07, 6.45) is 0. The molecule has 0 aliphatic heterocycles. The van der Waals surface area contributed by atoms with Crippen LogP contribution in [0.5, 0.6) is 0 Å². The highest BCUT2D eigenvalue weighted by molar-refractivity contribution is 6.13. The summed E-state index contributed by atoms with van der Waals surface area (Å²) in [5.41, 5.74) is 14.7. The molecule has 0 saturated carbocycles. The minimum absolute atomic E-state index is 1.03. The molecule has 0 nitrogen and oxygen atoms in total. The molecule has 0 fully saturated rings. The Bertz CT molecular complexity index is 1360. The Hall–Kier alpha value is -3.82. The third-order valence-electron chi connectivity index (χ3n) is 6.15. The number of benzene rings is 4. The van der Waals surface area contributed by atoms with Gasteiger partial charge in [-0.3, -0.25) is 0 Å². The summed E-state index contributed by atoms with van der Waals surface area (Å²) in [7, 11) is 0. The van der Waals surface area contributed by atoms with Gasteiger partial charge in [-0.05, 0) is 67.6 Å². The van der Waals surface area contributed by atoms with Crippen molar-refractivity contribution in [3.8, 4) is 23.0 Å². The molecule has 0 atom stereocenters. The van der Waals surface area contributed by atoms with Crippen LogP contribution in [0.2, 0.25) is 0 Å². The molecule has 0 heterocycles. The summed E-state index contributed by atoms with van der Waals surface area (Å²) < 4.78 is 0. The standard InChI is InChI=1S/C32H26/c1-21-5-11-25(12-6-21)13-18-27(26-14-7-22(2)8-15-26)32-30-19-23(3)9-16-28(30)29-17-10-24(4)20-31(29)32/h5-12,14-17,19-20H,1-4H3. The van der Waals surface area contributed by atoms with Gasteiger partial charge in [0, 0.05) is 16.7 Å². The summed E-state index contributed by atoms with van der Waals surface area (Å²) in [6.45, 7) is 8.56. The fraction of sp³-hybridized carbons (Fsp3) is 0.125. The van der Waals surface area contributed by atoms with E-state index >= 15 is 0 Å². The fourth-order valence-electron chi connectivity index (χ4n) is 4.38. The van der Waals surface area contributed by atoms with Crippen LogP contribution in [0.3, 0.4) is 0 Å². The van der Waals surface area contributed by atoms with E-state index in [1.807, 2.05) is 0 Å². The Balaban J connectivity index is 1.83. The van der Waals surface area contributed by atoms with Crippen LogP contribution in [-0.2, 0) is 0 Å². The van der Waals surface area contributed by atoms with E-state index in [2.05, 4.69) is 124 Å². The van der Waals surface area contributed by atoms with Gasteiger partial charge in [0.15, 0.2) is 0 Å². The predicted molar refractivity (Wildman–Crippen MR) is 137 cm³/mol. The van der Waals surface area contributed by atoms with Crippen molar-refractivity contribution < 1.29 is 0 Å². The molecule has 32 heavy (non-hydrogen) atoms. The van der Waals surface area contributed by atoms with Crippen LogP contribution in [0, 0.1) is 39.5 Å². The molecule has 1 aliphatic carbocycles. The normalized spacial score (nSPS) is 11.4. The number of aryl methyl sites for hydroxylation is 4. The van der Waals surface area contributed by atoms with E-state index in [0.29, 0.717) is 0 Å². The van der Waals surface area contributed by atoms with Crippen molar-refractivity contribution in [1.82, 2.24) is 0 Å². The van der Waals surface area contributed by atoms with Crippen molar-refractivity contribution in [2.75, 3.05) is 0 Å². The van der Waals surface area contributed by atoms with E-state index in [4.69, 9.17) is 0 Å². The van der Waals surface area contributed by atoms with E-state index in [1.165, 1.54) is 50.1 Å². The number of hydrogen-bond donors (Lipinski definition) is 0. The average molecular weight is 411 g/mol. The maximum atomic E-state index is 3.58. The van der Waals surface area contributed by atoms with Gasteiger partial charge in [-0.25, -0.2) is 0 Å². The second-order valence-corrected chi connectivity index (χ2v) is 8.83. The first-order chi connectivity index (χ1) is 15.5. The highest BCUT2D eigenvalue weighted by atomic mass is 14.3. The van der Waals surface area contributed by atoms with Crippen LogP contribution in [0.15, 0.2) is 84.9 Å². The number of fused-ring (bicyclic) bond motifs is 3. The van der Waals surface area contributed by atoms with Crippen LogP contribution in [0.4, 0.5) is 0 Å². The maximum absolute atomic E-state index is 3.58. The van der Waals surface area contributed by atoms with Gasteiger partial charge < -0.3 is 0 Å². The van der Waals surface area contributed by atoms with E-state index in [1.54, 1.807) is 0 Å². The van der Waals surface area contributed by atoms with Gasteiger partial charge in [-0.2, -0.15) is 0 Å². The first kappa shape index (κ1) is 20.1. The molecule has 0 bridgehead atoms. The summed E-state index contributed by atoms with van der Waals surface area (Å²) in [5, 5.41) is 0. The molecule has 0 aromatic heterocycles. The maximum Gasteiger partial charge on any atom is 0.0406 e. The number of rotatable bonds is 1. The van der Waals surface area contributed by atoms with E-state index in [9.17, 15) is 0 Å². The molecular weight excluding hydrogens is 384 g/mol. The summed E-state index contributed by atoms with van der Waals surface area (Å²) in [4.78, 5) is 0. The topological polar surface area (TPSA) is 0 Å². The van der Waals surface area contributed by atoms with Crippen molar-refractivity contribution >= 4 is 11.1 Å². The first-order valence-corrected chi connectivity index (χ1v) is 11.1. The minimum atomic E-state index is 1.03. The average Bonchev–Trinajstić information content (AvgIpc) is 3.09. The Labute approximate surface area is 191 Å². The Morgan fingerprint density at radius 3 is 1.50 bits per heavy atom. The molecule has 4 aromatic carbocycles. The summed E-state index contributed by atoms with van der Waals surface area (Å²) in [6, 6.07) is 30.7. The van der Waals surface area contributed by atoms with Gasteiger partial charge >= 0.3 is 0 Å². The first-order valence-electron chi connectivity index (χ1n) is 11.1. The van der Waals surface area contributed by atoms with Crippen LogP contribution in [0.1, 0.15) is 44.5 Å². The molecule has 1 aliphatic rings. The molecule has 0 radical (unpaired) electrons. The van der Waals surface area contributed by atoms with Gasteiger partial charge in [0.1, 0.15) is 0 Å². The van der Waals surface area contributed by atoms with Crippen LogP contribution >= 0.6 is 0 Å². The second-order valence-electron chi connectivity index (χ2n) is 8.83. The van der Waals surface area contributed by atoms with Crippen molar-refractivity contribution in [3.05, 3.63) is 129 Å². The van der Waals surface area contributed by atoms with Gasteiger partial charge in [0.25, 0.3) is 0 Å². The largest absolute Gasteiger partial charge is 0.0616 e. The lowest BCUT2D eigenvalue weighted by Crippen LogP contribution is -1.92. The zero-order valence-corrected chi connectivity index (χ0v) is 19.1. The van der Waals surface area contributed by atoms with Gasteiger partial charge in [-0.15, -0.1) is 0 Å². The van der Waals surface area contributed by atoms with Crippen molar-refractivity contribution in [2.24, 2.45) is 0 Å². The van der Waals surface area contributed by atoms with E-state index < -0.39 is 0 Å². The SMILES string of the molecule is Cc1ccc(C#CC(=C2c3cc(C)ccc3-c3ccc(C)cc32)c2ccc(C)cc2)cc1. The summed E-state index contributed by atoms with van der Waals surface area (Å²) >= 11 is 0. The van der Waals surface area contributed by atoms with Gasteiger partial charge in [0.05, 0.1) is 0 Å². The zero-order valence-electron chi connectivity index (χ0n) is 19.1. The van der Waals surface area contributed by atoms with Gasteiger partial charge in [-0.1, -0.05) is 107 Å². The molecule has 154 valence electrons. The quantitative estimate of drug-likeness (QED) is 0.246. The number of hydrogen-bond acceptors (Lipinski definition) is 0. The van der Waals surface area contributed by atoms with E-state index in [0.717, 1.165) is 16.7 Å². The van der Waals surface area contributed by atoms with Crippen LogP contribution in [0.25, 0.3) is 22.3 Å². The predicted octanol–water partition coefficient (Wildman–Crippen LogP) is 7.91. The molecule has 5 rings (SSSR count). The van der Waals surface area contributed by atoms with Crippen molar-refractivity contribution in [3.63, 3.8) is 0 Å². The molecule has 0 heteroatoms. The lowest BCUT2D eigenvalue weighted by atomic mass is 9.91. The fourth-order valence-corrected chi connectivity index (χ4v) is 4.38. The highest BCUT2D eigenvalue weighted by Crippen LogP contribution is 2.48. The third kappa shape index (κ3) is 3.68. The lowest BCUT2D eigenvalue weighted by Gasteiger charge is -2.11. The summed E-state index contributed by atoms with van der Waals surface area (Å²) in [5.74, 6) is 7.03. The molecule has 0 saturated heterocycles. The highest BCUT2D eigenvalue weighted by Gasteiger charge is 2.26. The number of allylic oxidation sites excluding steroid dienone is 1. The molecule has 0 amide bonds. The van der Waals surface area contributed by atoms with Crippen LogP contribution in [-0.4, -0.2) is 0 Å². The third-order valence-corrected chi connectivity index (χ3v) is 6.15. The molecule has 0 spiro atoms. The Kier molecular flexibility index (Phi) is 5.04. The Morgan fingerprint density at radius 2 is 0.969 bits per heavy atom. The van der Waals surface area contributed by atoms with Crippen molar-refractivity contribution in [2.45, 2.75) is 27.7 Å². The van der Waals surface area contributed by atoms with E-state index in [-0.39, 0.29) is 0 Å².